The van der Waals surface area contributed by atoms with Crippen molar-refractivity contribution in [3.8, 4) is 0 Å². The van der Waals surface area contributed by atoms with E-state index < -0.39 is 40.6 Å². The standard InChI is InChI=1S/C34H38N2O6/c1-18-9-8-11-24-31-33(5,42-31)20(3)29-26(16-22-17-35-25-12-7-6-10-23(22)25)36-32(40)34(24,29)28(39)14-13-27(38)30(19(2)15-18)41-21(4)37/h6-8,10-15,17-18,20,24,26,29-31,35H,9,16H2,1-5H3,(H,36,40)/t18-,20-,24-,26-,29?,30+,31-,33+,34+/m0/s1. The summed E-state index contributed by atoms with van der Waals surface area (Å²) in [7, 11) is 0. The Morgan fingerprint density at radius 3 is 2.67 bits per heavy atom. The molecule has 0 bridgehead atoms. The molecule has 42 heavy (non-hydrogen) atoms. The summed E-state index contributed by atoms with van der Waals surface area (Å²) in [5, 5.41) is 4.32. The molecule has 8 heteroatoms. The second kappa shape index (κ2) is 10.2. The SMILES string of the molecule is CC(=O)O[C@H]1C(=O)C=CC(=O)[C@@]23C(=O)N[C@@H](Cc4c[nH]c5ccccc45)C2[C@H](C)[C@@]2(C)O[C@H]2[C@@H]3C=CC[C@H](C)C=C1C. The molecule has 6 rings (SSSR count). The molecular formula is C34H38N2O6. The van der Waals surface area contributed by atoms with Gasteiger partial charge in [0, 0.05) is 41.9 Å². The van der Waals surface area contributed by atoms with Crippen molar-refractivity contribution in [2.45, 2.75) is 71.3 Å². The number of aromatic nitrogens is 1. The van der Waals surface area contributed by atoms with E-state index in [0.717, 1.165) is 16.5 Å². The molecule has 9 atom stereocenters. The van der Waals surface area contributed by atoms with Crippen LogP contribution < -0.4 is 5.32 Å². The predicted octanol–water partition coefficient (Wildman–Crippen LogP) is 4.40. The first-order chi connectivity index (χ1) is 20.0. The zero-order valence-corrected chi connectivity index (χ0v) is 24.7. The molecule has 1 amide bonds. The maximum atomic E-state index is 14.4. The summed E-state index contributed by atoms with van der Waals surface area (Å²) in [5.74, 6) is -2.80. The number of carbonyl (C=O) groups is 4. The van der Waals surface area contributed by atoms with Crippen molar-refractivity contribution in [3.05, 3.63) is 72.0 Å². The van der Waals surface area contributed by atoms with Gasteiger partial charge in [-0.25, -0.2) is 0 Å². The molecule has 1 unspecified atom stereocenters. The number of epoxide rings is 1. The minimum atomic E-state index is -1.44. The lowest BCUT2D eigenvalue weighted by atomic mass is 9.51. The first kappa shape index (κ1) is 28.3. The molecule has 2 aliphatic carbocycles. The fraction of sp³-hybridized carbons (Fsp3) is 0.471. The number of H-pyrrole nitrogens is 1. The Bertz CT molecular complexity index is 1570. The molecule has 3 fully saturated rings. The number of aromatic amines is 1. The summed E-state index contributed by atoms with van der Waals surface area (Å²) >= 11 is 0. The topological polar surface area (TPSA) is 118 Å². The van der Waals surface area contributed by atoms with Gasteiger partial charge in [0.25, 0.3) is 0 Å². The van der Waals surface area contributed by atoms with Gasteiger partial charge in [-0.3, -0.25) is 19.2 Å². The minimum absolute atomic E-state index is 0.0281. The summed E-state index contributed by atoms with van der Waals surface area (Å²) in [6.45, 7) is 9.17. The predicted molar refractivity (Wildman–Crippen MR) is 157 cm³/mol. The highest BCUT2D eigenvalue weighted by atomic mass is 16.6. The largest absolute Gasteiger partial charge is 0.450 e. The second-order valence-electron chi connectivity index (χ2n) is 12.7. The van der Waals surface area contributed by atoms with Crippen LogP contribution in [0.3, 0.4) is 0 Å². The molecule has 1 saturated carbocycles. The summed E-state index contributed by atoms with van der Waals surface area (Å²) in [5.41, 5.74) is 0.774. The average Bonchev–Trinajstić information content (AvgIpc) is 3.35. The lowest BCUT2D eigenvalue weighted by molar-refractivity contribution is -0.149. The number of fused-ring (bicyclic) bond motifs is 3. The minimum Gasteiger partial charge on any atom is -0.450 e. The van der Waals surface area contributed by atoms with Gasteiger partial charge in [0.2, 0.25) is 11.7 Å². The molecule has 1 aromatic heterocycles. The van der Waals surface area contributed by atoms with Crippen LogP contribution in [0.1, 0.15) is 46.6 Å². The molecule has 2 saturated heterocycles. The molecule has 220 valence electrons. The summed E-state index contributed by atoms with van der Waals surface area (Å²) in [6, 6.07) is 7.72. The zero-order valence-electron chi connectivity index (χ0n) is 24.7. The first-order valence-electron chi connectivity index (χ1n) is 14.8. The molecule has 8 nitrogen and oxygen atoms in total. The molecule has 3 heterocycles. The fourth-order valence-electron chi connectivity index (χ4n) is 7.97. The highest BCUT2D eigenvalue weighted by molar-refractivity contribution is 6.15. The van der Waals surface area contributed by atoms with E-state index in [1.54, 1.807) is 6.92 Å². The zero-order chi connectivity index (χ0) is 30.0. The van der Waals surface area contributed by atoms with E-state index in [2.05, 4.69) is 30.2 Å². The van der Waals surface area contributed by atoms with Crippen molar-refractivity contribution < 1.29 is 28.7 Å². The van der Waals surface area contributed by atoms with Crippen molar-refractivity contribution in [1.82, 2.24) is 10.3 Å². The molecule has 1 aromatic carbocycles. The maximum absolute atomic E-state index is 14.4. The number of benzene rings is 1. The quantitative estimate of drug-likeness (QED) is 0.244. The number of amides is 1. The number of hydrogen-bond acceptors (Lipinski definition) is 6. The number of nitrogens with one attached hydrogen (secondary N) is 2. The Labute approximate surface area is 245 Å². The van der Waals surface area contributed by atoms with Crippen LogP contribution >= 0.6 is 0 Å². The van der Waals surface area contributed by atoms with Crippen molar-refractivity contribution in [1.29, 1.82) is 0 Å². The van der Waals surface area contributed by atoms with E-state index in [-0.39, 0.29) is 35.8 Å². The highest BCUT2D eigenvalue weighted by Gasteiger charge is 2.78. The van der Waals surface area contributed by atoms with Crippen molar-refractivity contribution >= 4 is 34.3 Å². The normalized spacial score (nSPS) is 37.9. The van der Waals surface area contributed by atoms with Gasteiger partial charge in [0.05, 0.1) is 11.7 Å². The molecular weight excluding hydrogens is 532 g/mol. The number of hydrogen-bond donors (Lipinski definition) is 2. The van der Waals surface area contributed by atoms with Crippen LogP contribution in [0.2, 0.25) is 0 Å². The number of para-hydroxylation sites is 1. The van der Waals surface area contributed by atoms with Gasteiger partial charge in [0.1, 0.15) is 5.41 Å². The highest BCUT2D eigenvalue weighted by Crippen LogP contribution is 2.66. The Morgan fingerprint density at radius 1 is 1.14 bits per heavy atom. The number of ketones is 2. The van der Waals surface area contributed by atoms with Crippen LogP contribution in [0.4, 0.5) is 0 Å². The Balaban J connectivity index is 1.45. The van der Waals surface area contributed by atoms with E-state index in [1.165, 1.54) is 19.1 Å². The molecule has 1 spiro atoms. The van der Waals surface area contributed by atoms with Crippen LogP contribution in [0.15, 0.2) is 66.4 Å². The Morgan fingerprint density at radius 2 is 1.90 bits per heavy atom. The van der Waals surface area contributed by atoms with E-state index >= 15 is 0 Å². The van der Waals surface area contributed by atoms with Gasteiger partial charge in [-0.05, 0) is 67.9 Å². The number of allylic oxidation sites excluding steroid dienone is 3. The average molecular weight is 571 g/mol. The molecule has 2 aliphatic heterocycles. The van der Waals surface area contributed by atoms with E-state index in [0.29, 0.717) is 18.4 Å². The third kappa shape index (κ3) is 4.30. The third-order valence-corrected chi connectivity index (χ3v) is 10.1. The summed E-state index contributed by atoms with van der Waals surface area (Å²) in [6.07, 6.45) is 10.1. The number of esters is 1. The van der Waals surface area contributed by atoms with Crippen LogP contribution in [0, 0.1) is 29.1 Å². The van der Waals surface area contributed by atoms with Gasteiger partial charge < -0.3 is 19.8 Å². The lowest BCUT2D eigenvalue weighted by Crippen LogP contribution is -2.58. The number of rotatable bonds is 3. The van der Waals surface area contributed by atoms with Gasteiger partial charge in [0.15, 0.2) is 11.9 Å². The molecule has 4 aliphatic rings. The van der Waals surface area contributed by atoms with Crippen LogP contribution in [0.25, 0.3) is 10.9 Å². The van der Waals surface area contributed by atoms with E-state index in [1.807, 2.05) is 49.5 Å². The van der Waals surface area contributed by atoms with E-state index in [4.69, 9.17) is 9.47 Å². The lowest BCUT2D eigenvalue weighted by Gasteiger charge is -2.45. The first-order valence-corrected chi connectivity index (χ1v) is 14.8. The van der Waals surface area contributed by atoms with Crippen molar-refractivity contribution in [3.63, 3.8) is 0 Å². The van der Waals surface area contributed by atoms with Crippen LogP contribution in [-0.4, -0.2) is 52.3 Å². The van der Waals surface area contributed by atoms with Crippen molar-refractivity contribution in [2.24, 2.45) is 29.1 Å². The third-order valence-electron chi connectivity index (χ3n) is 10.1. The van der Waals surface area contributed by atoms with Gasteiger partial charge in [-0.2, -0.15) is 0 Å². The number of ether oxygens (including phenoxy) is 2. The van der Waals surface area contributed by atoms with Gasteiger partial charge in [-0.1, -0.05) is 50.3 Å². The Kier molecular flexibility index (Phi) is 6.88. The molecule has 2 N–H and O–H groups in total. The molecule has 0 radical (unpaired) electrons. The Hall–Kier alpha value is -3.78. The monoisotopic (exact) mass is 570 g/mol. The second-order valence-corrected chi connectivity index (χ2v) is 12.7. The van der Waals surface area contributed by atoms with Gasteiger partial charge >= 0.3 is 5.97 Å². The van der Waals surface area contributed by atoms with Crippen molar-refractivity contribution in [2.75, 3.05) is 0 Å². The number of carbonyl (C=O) groups excluding carboxylic acids is 4. The molecule has 2 aromatic rings. The summed E-state index contributed by atoms with van der Waals surface area (Å²) < 4.78 is 11.7. The van der Waals surface area contributed by atoms with Crippen LogP contribution in [0.5, 0.6) is 0 Å². The van der Waals surface area contributed by atoms with E-state index in [9.17, 15) is 19.2 Å². The van der Waals surface area contributed by atoms with Gasteiger partial charge in [-0.15, -0.1) is 0 Å². The van der Waals surface area contributed by atoms with Crippen LogP contribution in [-0.2, 0) is 35.1 Å². The summed E-state index contributed by atoms with van der Waals surface area (Å²) in [4.78, 5) is 57.2. The fourth-order valence-corrected chi connectivity index (χ4v) is 7.97. The smallest absolute Gasteiger partial charge is 0.303 e. The maximum Gasteiger partial charge on any atom is 0.303 e.